The van der Waals surface area contributed by atoms with Crippen LogP contribution in [-0.4, -0.2) is 23.2 Å². The van der Waals surface area contributed by atoms with Crippen LogP contribution in [0.1, 0.15) is 20.9 Å². The normalized spacial score (nSPS) is 10.5. The van der Waals surface area contributed by atoms with Crippen molar-refractivity contribution in [3.8, 4) is 5.75 Å². The first kappa shape index (κ1) is 18.9. The quantitative estimate of drug-likeness (QED) is 0.549. The summed E-state index contributed by atoms with van der Waals surface area (Å²) < 4.78 is 6.29. The van der Waals surface area contributed by atoms with Gasteiger partial charge in [-0.2, -0.15) is 0 Å². The summed E-state index contributed by atoms with van der Waals surface area (Å²) in [5.41, 5.74) is 1.72. The molecule has 2 aromatic carbocycles. The molecule has 1 N–H and O–H groups in total. The molecule has 1 heterocycles. The molecule has 0 bridgehead atoms. The highest BCUT2D eigenvalue weighted by Crippen LogP contribution is 2.25. The predicted molar refractivity (Wildman–Crippen MR) is 110 cm³/mol. The molecule has 8 heteroatoms. The maximum absolute atomic E-state index is 12.4. The highest BCUT2D eigenvalue weighted by Gasteiger charge is 2.14. The second-order valence-electron chi connectivity index (χ2n) is 5.28. The lowest BCUT2D eigenvalue weighted by Gasteiger charge is -2.06. The maximum Gasteiger partial charge on any atom is 0.261 e. The number of nitrogens with one attached hydrogen (secondary N) is 1. The van der Waals surface area contributed by atoms with Crippen molar-refractivity contribution in [2.45, 2.75) is 11.5 Å². The highest BCUT2D eigenvalue weighted by atomic mass is 79.9. The number of carbonyl (C=O) groups is 1. The van der Waals surface area contributed by atoms with Gasteiger partial charge >= 0.3 is 0 Å². The maximum atomic E-state index is 12.4. The van der Waals surface area contributed by atoms with E-state index in [1.54, 1.807) is 30.0 Å². The zero-order valence-electron chi connectivity index (χ0n) is 13.9. The number of thioether (sulfide) groups is 1. The first-order chi connectivity index (χ1) is 12.7. The van der Waals surface area contributed by atoms with Crippen LogP contribution in [0.15, 0.2) is 53.0 Å². The fraction of sp³-hybridized carbons (Fsp3) is 0.167. The van der Waals surface area contributed by atoms with Crippen molar-refractivity contribution in [1.29, 1.82) is 0 Å². The van der Waals surface area contributed by atoms with Gasteiger partial charge in [0.2, 0.25) is 5.13 Å². The number of amides is 1. The van der Waals surface area contributed by atoms with Crippen molar-refractivity contribution in [1.82, 2.24) is 10.2 Å². The zero-order chi connectivity index (χ0) is 18.4. The molecule has 5 nitrogen and oxygen atoms in total. The van der Waals surface area contributed by atoms with E-state index in [0.29, 0.717) is 16.4 Å². The topological polar surface area (TPSA) is 64.1 Å². The highest BCUT2D eigenvalue weighted by molar-refractivity contribution is 9.10. The van der Waals surface area contributed by atoms with Crippen molar-refractivity contribution in [3.05, 3.63) is 69.1 Å². The number of aromatic nitrogens is 2. The molecule has 0 aliphatic heterocycles. The number of rotatable bonds is 7. The van der Waals surface area contributed by atoms with Crippen LogP contribution in [0.3, 0.4) is 0 Å². The Morgan fingerprint density at radius 3 is 2.85 bits per heavy atom. The second kappa shape index (κ2) is 9.16. The van der Waals surface area contributed by atoms with Gasteiger partial charge in [-0.1, -0.05) is 51.5 Å². The van der Waals surface area contributed by atoms with Crippen LogP contribution in [0.5, 0.6) is 5.75 Å². The molecule has 0 atom stereocenters. The van der Waals surface area contributed by atoms with E-state index in [-0.39, 0.29) is 5.91 Å². The first-order valence-electron chi connectivity index (χ1n) is 7.74. The summed E-state index contributed by atoms with van der Waals surface area (Å²) >= 11 is 6.62. The van der Waals surface area contributed by atoms with Crippen LogP contribution in [0.25, 0.3) is 0 Å². The Hall–Kier alpha value is -1.90. The number of benzene rings is 2. The van der Waals surface area contributed by atoms with E-state index in [2.05, 4.69) is 43.6 Å². The standard InChI is InChI=1S/C18H16BrN3O2S2/c1-24-15-8-3-2-7-14(15)17(23)20-18-22-21-16(26-18)11-25-10-12-5-4-6-13(19)9-12/h2-9H,10-11H2,1H3,(H,20,22,23). The molecule has 0 radical (unpaired) electrons. The monoisotopic (exact) mass is 449 g/mol. The number of para-hydroxylation sites is 1. The molecule has 3 rings (SSSR count). The minimum atomic E-state index is -0.257. The SMILES string of the molecule is COc1ccccc1C(=O)Nc1nnc(CSCc2cccc(Br)c2)s1. The molecule has 134 valence electrons. The van der Waals surface area contributed by atoms with Crippen LogP contribution in [0, 0.1) is 0 Å². The lowest BCUT2D eigenvalue weighted by atomic mass is 10.2. The van der Waals surface area contributed by atoms with Crippen molar-refractivity contribution < 1.29 is 9.53 Å². The largest absolute Gasteiger partial charge is 0.496 e. The predicted octanol–water partition coefficient (Wildman–Crippen LogP) is 4.99. The average molecular weight is 450 g/mol. The van der Waals surface area contributed by atoms with Crippen LogP contribution < -0.4 is 10.1 Å². The van der Waals surface area contributed by atoms with Gasteiger partial charge < -0.3 is 4.74 Å². The van der Waals surface area contributed by atoms with Crippen molar-refractivity contribution in [3.63, 3.8) is 0 Å². The molecular weight excluding hydrogens is 434 g/mol. The van der Waals surface area contributed by atoms with Gasteiger partial charge in [-0.25, -0.2) is 0 Å². The summed E-state index contributed by atoms with van der Waals surface area (Å²) in [5, 5.41) is 12.3. The van der Waals surface area contributed by atoms with Crippen LogP contribution >= 0.6 is 39.0 Å². The van der Waals surface area contributed by atoms with E-state index in [1.165, 1.54) is 24.0 Å². The number of methoxy groups -OCH3 is 1. The number of halogens is 1. The summed E-state index contributed by atoms with van der Waals surface area (Å²) in [7, 11) is 1.54. The van der Waals surface area contributed by atoms with Gasteiger partial charge in [0.15, 0.2) is 0 Å². The van der Waals surface area contributed by atoms with Crippen molar-refractivity contribution in [2.75, 3.05) is 12.4 Å². The van der Waals surface area contributed by atoms with Gasteiger partial charge in [-0.3, -0.25) is 10.1 Å². The summed E-state index contributed by atoms with van der Waals surface area (Å²) in [6, 6.07) is 15.3. The molecule has 0 fully saturated rings. The molecule has 0 aliphatic carbocycles. The fourth-order valence-electron chi connectivity index (χ4n) is 2.24. The Bertz CT molecular complexity index is 901. The third kappa shape index (κ3) is 5.06. The van der Waals surface area contributed by atoms with E-state index in [4.69, 9.17) is 4.74 Å². The summed E-state index contributed by atoms with van der Waals surface area (Å²) in [4.78, 5) is 12.4. The molecule has 3 aromatic rings. The number of ether oxygens (including phenoxy) is 1. The second-order valence-corrected chi connectivity index (χ2v) is 8.24. The number of carbonyl (C=O) groups excluding carboxylic acids is 1. The zero-order valence-corrected chi connectivity index (χ0v) is 17.2. The minimum Gasteiger partial charge on any atom is -0.496 e. The van der Waals surface area contributed by atoms with Gasteiger partial charge in [0.1, 0.15) is 10.8 Å². The molecule has 0 saturated heterocycles. The Morgan fingerprint density at radius 2 is 2.04 bits per heavy atom. The smallest absolute Gasteiger partial charge is 0.261 e. The molecule has 26 heavy (non-hydrogen) atoms. The Balaban J connectivity index is 1.55. The van der Waals surface area contributed by atoms with E-state index in [9.17, 15) is 4.79 Å². The van der Waals surface area contributed by atoms with Crippen molar-refractivity contribution >= 4 is 50.1 Å². The van der Waals surface area contributed by atoms with E-state index >= 15 is 0 Å². The minimum absolute atomic E-state index is 0.257. The molecule has 1 aromatic heterocycles. The molecule has 0 spiro atoms. The van der Waals surface area contributed by atoms with Crippen LogP contribution in [-0.2, 0) is 11.5 Å². The fourth-order valence-corrected chi connectivity index (χ4v) is 4.45. The van der Waals surface area contributed by atoms with Gasteiger partial charge in [0.25, 0.3) is 5.91 Å². The first-order valence-corrected chi connectivity index (χ1v) is 10.5. The Labute approximate surface area is 168 Å². The van der Waals surface area contributed by atoms with Gasteiger partial charge in [0.05, 0.1) is 12.7 Å². The van der Waals surface area contributed by atoms with E-state index in [0.717, 1.165) is 21.0 Å². The van der Waals surface area contributed by atoms with Gasteiger partial charge in [-0.15, -0.1) is 22.0 Å². The lowest BCUT2D eigenvalue weighted by molar-refractivity contribution is 0.102. The van der Waals surface area contributed by atoms with Gasteiger partial charge in [0, 0.05) is 16.0 Å². The van der Waals surface area contributed by atoms with E-state index in [1.807, 2.05) is 18.2 Å². The summed E-state index contributed by atoms with van der Waals surface area (Å²) in [6.07, 6.45) is 0. The Kier molecular flexibility index (Phi) is 6.65. The number of hydrogen-bond acceptors (Lipinski definition) is 6. The molecule has 0 saturated carbocycles. The average Bonchev–Trinajstić information content (AvgIpc) is 3.09. The van der Waals surface area contributed by atoms with Crippen LogP contribution in [0.2, 0.25) is 0 Å². The Morgan fingerprint density at radius 1 is 1.19 bits per heavy atom. The van der Waals surface area contributed by atoms with Crippen molar-refractivity contribution in [2.24, 2.45) is 0 Å². The third-order valence-corrected chi connectivity index (χ3v) is 5.95. The van der Waals surface area contributed by atoms with Gasteiger partial charge in [-0.05, 0) is 29.8 Å². The van der Waals surface area contributed by atoms with Crippen LogP contribution in [0.4, 0.5) is 5.13 Å². The number of anilines is 1. The molecule has 1 amide bonds. The molecular formula is C18H16BrN3O2S2. The summed E-state index contributed by atoms with van der Waals surface area (Å²) in [6.45, 7) is 0. The number of hydrogen-bond donors (Lipinski definition) is 1. The molecule has 0 aliphatic rings. The number of nitrogens with zero attached hydrogens (tertiary/aromatic N) is 2. The lowest BCUT2D eigenvalue weighted by Crippen LogP contribution is -2.12. The van der Waals surface area contributed by atoms with E-state index < -0.39 is 0 Å². The third-order valence-electron chi connectivity index (χ3n) is 3.42. The summed E-state index contributed by atoms with van der Waals surface area (Å²) in [5.74, 6) is 1.91. The molecule has 0 unspecified atom stereocenters.